The van der Waals surface area contributed by atoms with Gasteiger partial charge in [-0.1, -0.05) is 23.7 Å². The fourth-order valence-electron chi connectivity index (χ4n) is 2.97. The number of benzene rings is 1. The number of carbonyl (C=O) groups excluding carboxylic acids is 1. The standard InChI is InChI=1S/C18H18ClN3O2S/c19-13-6-4-12(5-7-13)15-10-22-16(11-25-18(22)21-15)17(23)20-9-14-3-1-2-8-24-14/h4-7,10-11,14H,1-3,8-9H2,(H,20,23). The zero-order valence-corrected chi connectivity index (χ0v) is 15.1. The molecular weight excluding hydrogens is 358 g/mol. The zero-order chi connectivity index (χ0) is 17.2. The molecule has 1 aliphatic heterocycles. The lowest BCUT2D eigenvalue weighted by molar-refractivity contribution is 0.0168. The van der Waals surface area contributed by atoms with Crippen LogP contribution in [-0.4, -0.2) is 34.5 Å². The number of halogens is 1. The van der Waals surface area contributed by atoms with Gasteiger partial charge in [0.05, 0.1) is 11.8 Å². The largest absolute Gasteiger partial charge is 0.376 e. The van der Waals surface area contributed by atoms with Crippen molar-refractivity contribution < 1.29 is 9.53 Å². The van der Waals surface area contributed by atoms with Crippen molar-refractivity contribution in [2.45, 2.75) is 25.4 Å². The van der Waals surface area contributed by atoms with E-state index < -0.39 is 0 Å². The predicted molar refractivity (Wildman–Crippen MR) is 99.4 cm³/mol. The third-order valence-corrected chi connectivity index (χ3v) is 5.44. The van der Waals surface area contributed by atoms with Gasteiger partial charge in [-0.2, -0.15) is 0 Å². The number of fused-ring (bicyclic) bond motifs is 1. The molecule has 1 unspecified atom stereocenters. The fraction of sp³-hybridized carbons (Fsp3) is 0.333. The molecule has 1 amide bonds. The van der Waals surface area contributed by atoms with Gasteiger partial charge in [0, 0.05) is 35.3 Å². The van der Waals surface area contributed by atoms with E-state index in [1.165, 1.54) is 11.3 Å². The molecule has 1 fully saturated rings. The highest BCUT2D eigenvalue weighted by Crippen LogP contribution is 2.25. The van der Waals surface area contributed by atoms with E-state index >= 15 is 0 Å². The number of ether oxygens (including phenoxy) is 1. The Hall–Kier alpha value is -1.89. The lowest BCUT2D eigenvalue weighted by Gasteiger charge is -2.22. The van der Waals surface area contributed by atoms with Crippen molar-refractivity contribution in [3.63, 3.8) is 0 Å². The average Bonchev–Trinajstić information content (AvgIpc) is 3.22. The van der Waals surface area contributed by atoms with Gasteiger partial charge in [-0.05, 0) is 31.4 Å². The van der Waals surface area contributed by atoms with Crippen molar-refractivity contribution in [2.75, 3.05) is 13.2 Å². The van der Waals surface area contributed by atoms with Gasteiger partial charge in [0.25, 0.3) is 5.91 Å². The monoisotopic (exact) mass is 375 g/mol. The number of hydrogen-bond acceptors (Lipinski definition) is 4. The summed E-state index contributed by atoms with van der Waals surface area (Å²) in [5, 5.41) is 5.51. The van der Waals surface area contributed by atoms with E-state index in [2.05, 4.69) is 10.3 Å². The Balaban J connectivity index is 1.51. The van der Waals surface area contributed by atoms with Crippen LogP contribution in [0.3, 0.4) is 0 Å². The highest BCUT2D eigenvalue weighted by atomic mass is 35.5. The quantitative estimate of drug-likeness (QED) is 0.749. The third kappa shape index (κ3) is 3.56. The Morgan fingerprint density at radius 2 is 2.20 bits per heavy atom. The van der Waals surface area contributed by atoms with Gasteiger partial charge >= 0.3 is 0 Å². The van der Waals surface area contributed by atoms with Gasteiger partial charge in [-0.15, -0.1) is 11.3 Å². The first kappa shape index (κ1) is 16.6. The first-order valence-corrected chi connectivity index (χ1v) is 9.59. The summed E-state index contributed by atoms with van der Waals surface area (Å²) in [7, 11) is 0. The lowest BCUT2D eigenvalue weighted by atomic mass is 10.1. The number of imidazole rings is 1. The normalized spacial score (nSPS) is 17.7. The molecule has 0 bridgehead atoms. The molecule has 3 heterocycles. The van der Waals surface area contributed by atoms with E-state index in [-0.39, 0.29) is 12.0 Å². The molecule has 0 aliphatic carbocycles. The molecule has 1 aromatic carbocycles. The molecule has 25 heavy (non-hydrogen) atoms. The van der Waals surface area contributed by atoms with Gasteiger partial charge in [0.15, 0.2) is 4.96 Å². The fourth-order valence-corrected chi connectivity index (χ4v) is 3.95. The van der Waals surface area contributed by atoms with E-state index in [4.69, 9.17) is 16.3 Å². The molecule has 0 saturated carbocycles. The average molecular weight is 376 g/mol. The number of hydrogen-bond donors (Lipinski definition) is 1. The van der Waals surface area contributed by atoms with Crippen LogP contribution in [0.15, 0.2) is 35.8 Å². The Labute approximate surface area is 154 Å². The molecule has 4 rings (SSSR count). The first-order chi connectivity index (χ1) is 12.2. The number of nitrogens with one attached hydrogen (secondary N) is 1. The maximum absolute atomic E-state index is 12.5. The van der Waals surface area contributed by atoms with E-state index in [0.29, 0.717) is 17.3 Å². The number of amides is 1. The van der Waals surface area contributed by atoms with Crippen LogP contribution in [-0.2, 0) is 4.74 Å². The minimum atomic E-state index is -0.0968. The molecular formula is C18H18ClN3O2S. The number of thiazole rings is 1. The molecule has 3 aromatic rings. The second-order valence-corrected chi connectivity index (χ2v) is 7.38. The van der Waals surface area contributed by atoms with Crippen LogP contribution in [0, 0.1) is 0 Å². The SMILES string of the molecule is O=C(NCC1CCCCO1)c1csc2nc(-c3ccc(Cl)cc3)cn12. The van der Waals surface area contributed by atoms with Crippen LogP contribution < -0.4 is 5.32 Å². The van der Waals surface area contributed by atoms with E-state index in [1.807, 2.05) is 40.2 Å². The van der Waals surface area contributed by atoms with Crippen molar-refractivity contribution in [3.8, 4) is 11.3 Å². The van der Waals surface area contributed by atoms with Crippen LogP contribution in [0.25, 0.3) is 16.2 Å². The van der Waals surface area contributed by atoms with Crippen LogP contribution in [0.2, 0.25) is 5.02 Å². The topological polar surface area (TPSA) is 55.6 Å². The number of carbonyl (C=O) groups is 1. The second-order valence-electron chi connectivity index (χ2n) is 6.11. The summed E-state index contributed by atoms with van der Waals surface area (Å²) in [6, 6.07) is 7.52. The first-order valence-electron chi connectivity index (χ1n) is 8.33. The lowest BCUT2D eigenvalue weighted by Crippen LogP contribution is -2.35. The Morgan fingerprint density at radius 1 is 1.36 bits per heavy atom. The smallest absolute Gasteiger partial charge is 0.269 e. The summed E-state index contributed by atoms with van der Waals surface area (Å²) >= 11 is 7.39. The maximum Gasteiger partial charge on any atom is 0.269 e. The van der Waals surface area contributed by atoms with Gasteiger partial charge in [-0.25, -0.2) is 4.98 Å². The third-order valence-electron chi connectivity index (χ3n) is 4.35. The summed E-state index contributed by atoms with van der Waals surface area (Å²) in [5.74, 6) is -0.0968. The van der Waals surface area contributed by atoms with Gasteiger partial charge in [-0.3, -0.25) is 9.20 Å². The Kier molecular flexibility index (Phi) is 4.74. The molecule has 1 N–H and O–H groups in total. The molecule has 2 aromatic heterocycles. The molecule has 130 valence electrons. The van der Waals surface area contributed by atoms with Crippen LogP contribution in [0.4, 0.5) is 0 Å². The molecule has 5 nitrogen and oxygen atoms in total. The Morgan fingerprint density at radius 3 is 2.96 bits per heavy atom. The maximum atomic E-state index is 12.5. The predicted octanol–water partition coefficient (Wildman–Crippen LogP) is 4.02. The summed E-state index contributed by atoms with van der Waals surface area (Å²) < 4.78 is 7.50. The summed E-state index contributed by atoms with van der Waals surface area (Å²) in [4.78, 5) is 17.9. The number of nitrogens with zero attached hydrogens (tertiary/aromatic N) is 2. The van der Waals surface area contributed by atoms with E-state index in [1.54, 1.807) is 0 Å². The molecule has 1 aliphatic rings. The molecule has 1 atom stereocenters. The van der Waals surface area contributed by atoms with Crippen molar-refractivity contribution in [2.24, 2.45) is 0 Å². The molecule has 1 saturated heterocycles. The van der Waals surface area contributed by atoms with Crippen LogP contribution in [0.5, 0.6) is 0 Å². The van der Waals surface area contributed by atoms with Gasteiger partial charge < -0.3 is 10.1 Å². The van der Waals surface area contributed by atoms with Crippen LogP contribution in [0.1, 0.15) is 29.8 Å². The van der Waals surface area contributed by atoms with Crippen molar-refractivity contribution in [1.82, 2.24) is 14.7 Å². The van der Waals surface area contributed by atoms with Gasteiger partial charge in [0.1, 0.15) is 5.69 Å². The van der Waals surface area contributed by atoms with Crippen molar-refractivity contribution >= 4 is 33.8 Å². The van der Waals surface area contributed by atoms with E-state index in [0.717, 1.165) is 42.1 Å². The zero-order valence-electron chi connectivity index (χ0n) is 13.6. The molecule has 7 heteroatoms. The number of aromatic nitrogens is 2. The highest BCUT2D eigenvalue weighted by molar-refractivity contribution is 7.15. The summed E-state index contributed by atoms with van der Waals surface area (Å²) in [6.45, 7) is 1.34. The van der Waals surface area contributed by atoms with E-state index in [9.17, 15) is 4.79 Å². The highest BCUT2D eigenvalue weighted by Gasteiger charge is 2.18. The minimum Gasteiger partial charge on any atom is -0.376 e. The minimum absolute atomic E-state index is 0.0968. The number of rotatable bonds is 4. The molecule has 0 spiro atoms. The second kappa shape index (κ2) is 7.15. The van der Waals surface area contributed by atoms with Gasteiger partial charge in [0.2, 0.25) is 0 Å². The van der Waals surface area contributed by atoms with Crippen LogP contribution >= 0.6 is 22.9 Å². The van der Waals surface area contributed by atoms with Crippen molar-refractivity contribution in [3.05, 3.63) is 46.6 Å². The summed E-state index contributed by atoms with van der Waals surface area (Å²) in [5.41, 5.74) is 2.40. The Bertz CT molecular complexity index is 882. The summed E-state index contributed by atoms with van der Waals surface area (Å²) in [6.07, 6.45) is 5.29. The van der Waals surface area contributed by atoms with Crippen molar-refractivity contribution in [1.29, 1.82) is 0 Å². The molecule has 0 radical (unpaired) electrons.